The minimum Gasteiger partial charge on any atom is -0.474 e. The van der Waals surface area contributed by atoms with Crippen LogP contribution in [-0.2, 0) is 12.7 Å². The number of aromatic nitrogens is 3. The lowest BCUT2D eigenvalue weighted by molar-refractivity contribution is -0.137. The Morgan fingerprint density at radius 1 is 1.19 bits per heavy atom. The van der Waals surface area contributed by atoms with Crippen LogP contribution in [0.1, 0.15) is 60.2 Å². The summed E-state index contributed by atoms with van der Waals surface area (Å²) in [6.07, 6.45) is 2.28. The van der Waals surface area contributed by atoms with Crippen LogP contribution in [0.5, 0.6) is 5.88 Å². The molecule has 3 heterocycles. The van der Waals surface area contributed by atoms with E-state index in [9.17, 15) is 22.4 Å². The maximum absolute atomic E-state index is 16.2. The van der Waals surface area contributed by atoms with E-state index in [0.29, 0.717) is 36.5 Å². The topological polar surface area (TPSA) is 107 Å². The number of nitrogens with zero attached hydrogens (tertiary/aromatic N) is 3. The summed E-state index contributed by atoms with van der Waals surface area (Å²) in [6, 6.07) is 4.14. The third-order valence-corrected chi connectivity index (χ3v) is 6.96. The van der Waals surface area contributed by atoms with Crippen LogP contribution in [-0.4, -0.2) is 39.8 Å². The molecule has 1 aromatic carbocycles. The van der Waals surface area contributed by atoms with Gasteiger partial charge in [-0.25, -0.2) is 18.7 Å². The van der Waals surface area contributed by atoms with Gasteiger partial charge < -0.3 is 25.5 Å². The molecule has 0 fully saturated rings. The minimum absolute atomic E-state index is 0.0162. The van der Waals surface area contributed by atoms with Gasteiger partial charge in [-0.1, -0.05) is 13.3 Å². The van der Waals surface area contributed by atoms with Gasteiger partial charge in [0.1, 0.15) is 22.7 Å². The molecule has 0 aliphatic heterocycles. The quantitative estimate of drug-likeness (QED) is 0.0687. The smallest absolute Gasteiger partial charge is 0.417 e. The van der Waals surface area contributed by atoms with Gasteiger partial charge in [0.2, 0.25) is 5.88 Å². The highest BCUT2D eigenvalue weighted by Gasteiger charge is 2.39. The van der Waals surface area contributed by atoms with Crippen molar-refractivity contribution in [1.82, 2.24) is 19.7 Å². The molecule has 0 saturated heterocycles. The molecule has 4 N–H and O–H groups in total. The Morgan fingerprint density at radius 2 is 1.95 bits per heavy atom. The number of benzene rings is 1. The van der Waals surface area contributed by atoms with Crippen molar-refractivity contribution in [3.05, 3.63) is 70.7 Å². The zero-order valence-corrected chi connectivity index (χ0v) is 24.0. The third-order valence-electron chi connectivity index (χ3n) is 6.96. The maximum atomic E-state index is 16.2. The minimum atomic E-state index is -5.07. The summed E-state index contributed by atoms with van der Waals surface area (Å²) in [5, 5.41) is 6.09. The molecule has 4 rings (SSSR count). The Hall–Kier alpha value is -4.26. The third kappa shape index (κ3) is 7.04. The summed E-state index contributed by atoms with van der Waals surface area (Å²) in [7, 11) is 0. The fourth-order valence-electron chi connectivity index (χ4n) is 4.74. The number of alkyl halides is 3. The van der Waals surface area contributed by atoms with E-state index in [2.05, 4.69) is 27.5 Å². The van der Waals surface area contributed by atoms with Crippen LogP contribution in [0.25, 0.3) is 16.9 Å². The average molecular weight is 605 g/mol. The number of halogens is 5. The van der Waals surface area contributed by atoms with Crippen molar-refractivity contribution >= 4 is 23.3 Å². The monoisotopic (exact) mass is 604 g/mol. The molecule has 3 aromatic heterocycles. The molecule has 0 aliphatic rings. The van der Waals surface area contributed by atoms with Crippen molar-refractivity contribution in [3.8, 4) is 17.1 Å². The zero-order chi connectivity index (χ0) is 31.3. The number of hydrogen-bond donors (Lipinski definition) is 3. The first kappa shape index (κ1) is 31.7. The molecule has 1 atom stereocenters. The molecule has 1 unspecified atom stereocenters. The Balaban J connectivity index is 1.81. The fraction of sp³-hybridized carbons (Fsp3) is 0.367. The number of rotatable bonds is 13. The first-order valence-electron chi connectivity index (χ1n) is 13.8. The number of hydrogen-bond acceptors (Lipinski definition) is 7. The molecule has 13 heteroatoms. The predicted molar refractivity (Wildman–Crippen MR) is 154 cm³/mol. The molecule has 0 radical (unpaired) electrons. The molecular weight excluding hydrogens is 571 g/mol. The highest BCUT2D eigenvalue weighted by atomic mass is 19.4. The Morgan fingerprint density at radius 3 is 2.63 bits per heavy atom. The predicted octanol–water partition coefficient (Wildman–Crippen LogP) is 6.56. The summed E-state index contributed by atoms with van der Waals surface area (Å²) in [5.41, 5.74) is 1.81. The second-order valence-corrected chi connectivity index (χ2v) is 10.2. The summed E-state index contributed by atoms with van der Waals surface area (Å²) in [4.78, 5) is 20.6. The lowest BCUT2D eigenvalue weighted by Crippen LogP contribution is -2.24. The van der Waals surface area contributed by atoms with E-state index >= 15 is 4.39 Å². The molecule has 0 bridgehead atoms. The van der Waals surface area contributed by atoms with Crippen LogP contribution in [0.3, 0.4) is 0 Å². The van der Waals surface area contributed by atoms with Crippen molar-refractivity contribution in [2.75, 3.05) is 24.1 Å². The second kappa shape index (κ2) is 13.4. The standard InChI is InChI=1S/C30H33F5N6O2/c1-4-5-8-37-10-7-17(2)43-29-21(16-42)27(39-14-19-12-23-38-9-6-11-41(23)15-19)26(32)28(40-29)20-13-22(36)25(31)18(3)24(20)30(33,34)35/h6,9,11-13,15-17,37H,4-5,7-8,10,14,36H2,1-3H3,(H,39,40). The van der Waals surface area contributed by atoms with E-state index in [-0.39, 0.29) is 18.0 Å². The number of ether oxygens (including phenoxy) is 1. The summed E-state index contributed by atoms with van der Waals surface area (Å²) in [5.74, 6) is -2.89. The zero-order valence-electron chi connectivity index (χ0n) is 24.0. The fourth-order valence-corrected chi connectivity index (χ4v) is 4.74. The molecule has 0 amide bonds. The Kier molecular flexibility index (Phi) is 9.84. The van der Waals surface area contributed by atoms with Gasteiger partial charge in [0.05, 0.1) is 23.0 Å². The number of fused-ring (bicyclic) bond motifs is 1. The molecule has 4 aromatic rings. The van der Waals surface area contributed by atoms with Gasteiger partial charge in [0.25, 0.3) is 0 Å². The largest absolute Gasteiger partial charge is 0.474 e. The number of anilines is 2. The normalized spacial score (nSPS) is 12.5. The van der Waals surface area contributed by atoms with Gasteiger partial charge in [-0.2, -0.15) is 13.2 Å². The average Bonchev–Trinajstić information content (AvgIpc) is 3.37. The molecule has 8 nitrogen and oxygen atoms in total. The van der Waals surface area contributed by atoms with Crippen LogP contribution < -0.4 is 21.1 Å². The number of nitrogens with one attached hydrogen (secondary N) is 2. The van der Waals surface area contributed by atoms with Crippen molar-refractivity contribution in [2.24, 2.45) is 0 Å². The van der Waals surface area contributed by atoms with E-state index < -0.39 is 57.7 Å². The van der Waals surface area contributed by atoms with Crippen molar-refractivity contribution in [1.29, 1.82) is 0 Å². The highest BCUT2D eigenvalue weighted by molar-refractivity contribution is 5.90. The molecule has 0 saturated carbocycles. The SMILES string of the molecule is CCCCNCCC(C)Oc1nc(-c2cc(N)c(F)c(C)c2C(F)(F)F)c(F)c(NCc2cc3ncccn3c2)c1C=O. The van der Waals surface area contributed by atoms with Crippen molar-refractivity contribution in [3.63, 3.8) is 0 Å². The summed E-state index contributed by atoms with van der Waals surface area (Å²) < 4.78 is 81.0. The first-order chi connectivity index (χ1) is 20.5. The number of unbranched alkanes of at least 4 members (excludes halogenated alkanes) is 1. The van der Waals surface area contributed by atoms with Crippen molar-refractivity contribution in [2.45, 2.75) is 58.9 Å². The van der Waals surface area contributed by atoms with E-state index in [4.69, 9.17) is 10.5 Å². The second-order valence-electron chi connectivity index (χ2n) is 10.2. The molecule has 230 valence electrons. The molecule has 43 heavy (non-hydrogen) atoms. The van der Waals surface area contributed by atoms with Crippen LogP contribution in [0.2, 0.25) is 0 Å². The van der Waals surface area contributed by atoms with Gasteiger partial charge in [0, 0.05) is 30.7 Å². The summed E-state index contributed by atoms with van der Waals surface area (Å²) >= 11 is 0. The van der Waals surface area contributed by atoms with Gasteiger partial charge >= 0.3 is 6.18 Å². The number of carbonyl (C=O) groups excluding carboxylic acids is 1. The number of aldehydes is 1. The lowest BCUT2D eigenvalue weighted by Gasteiger charge is -2.22. The molecule has 0 aliphatic carbocycles. The lowest BCUT2D eigenvalue weighted by atomic mass is 9.95. The van der Waals surface area contributed by atoms with Crippen LogP contribution >= 0.6 is 0 Å². The number of nitrogens with two attached hydrogens (primary N) is 1. The van der Waals surface area contributed by atoms with E-state index in [1.165, 1.54) is 0 Å². The van der Waals surface area contributed by atoms with Gasteiger partial charge in [-0.05, 0) is 69.1 Å². The highest BCUT2D eigenvalue weighted by Crippen LogP contribution is 2.44. The van der Waals surface area contributed by atoms with Gasteiger partial charge in [-0.15, -0.1) is 0 Å². The van der Waals surface area contributed by atoms with Gasteiger partial charge in [0.15, 0.2) is 12.1 Å². The van der Waals surface area contributed by atoms with Crippen LogP contribution in [0, 0.1) is 18.6 Å². The molecular formula is C30H33F5N6O2. The van der Waals surface area contributed by atoms with E-state index in [1.54, 1.807) is 42.0 Å². The first-order valence-corrected chi connectivity index (χ1v) is 13.8. The number of nitrogen functional groups attached to an aromatic ring is 1. The summed E-state index contributed by atoms with van der Waals surface area (Å²) in [6.45, 7) is 6.02. The number of pyridine rings is 1. The molecule has 0 spiro atoms. The Labute approximate surface area is 245 Å². The van der Waals surface area contributed by atoms with Gasteiger partial charge in [-0.3, -0.25) is 4.79 Å². The van der Waals surface area contributed by atoms with Crippen molar-refractivity contribution < 1.29 is 31.5 Å². The van der Waals surface area contributed by atoms with Crippen LogP contribution in [0.4, 0.5) is 33.3 Å². The number of carbonyl (C=O) groups is 1. The van der Waals surface area contributed by atoms with Crippen LogP contribution in [0.15, 0.2) is 36.8 Å². The van der Waals surface area contributed by atoms with E-state index in [1.807, 2.05) is 0 Å². The van der Waals surface area contributed by atoms with E-state index in [0.717, 1.165) is 26.3 Å². The maximum Gasteiger partial charge on any atom is 0.417 e. The Bertz CT molecular complexity index is 1570.